The zero-order valence-corrected chi connectivity index (χ0v) is 11.1. The standard InChI is InChI=1S/C12H17N3O6/c16-4-7-8(17)9(18)10(21-7)6-3-15(5-1-13-2-5)12(20)14-11(6)19/h3,5,7-10,13,16-18H,1-2,4H2,(H,14,19,20)/t7-,8?,9?,10+/m1/s1. The highest BCUT2D eigenvalue weighted by molar-refractivity contribution is 5.15. The molecule has 3 heterocycles. The molecule has 2 saturated heterocycles. The van der Waals surface area contributed by atoms with E-state index < -0.39 is 42.3 Å². The molecular weight excluding hydrogens is 282 g/mol. The second-order valence-corrected chi connectivity index (χ2v) is 5.32. The first-order chi connectivity index (χ1) is 10.0. The van der Waals surface area contributed by atoms with Crippen LogP contribution < -0.4 is 16.6 Å². The van der Waals surface area contributed by atoms with Gasteiger partial charge in [-0.05, 0) is 0 Å². The van der Waals surface area contributed by atoms with Crippen LogP contribution in [-0.2, 0) is 4.74 Å². The number of nitrogens with one attached hydrogen (secondary N) is 2. The normalized spacial score (nSPS) is 33.1. The summed E-state index contributed by atoms with van der Waals surface area (Å²) >= 11 is 0. The molecule has 9 heteroatoms. The summed E-state index contributed by atoms with van der Waals surface area (Å²) in [5.74, 6) is 0. The van der Waals surface area contributed by atoms with Gasteiger partial charge in [-0.2, -0.15) is 0 Å². The van der Waals surface area contributed by atoms with Crippen LogP contribution in [0.4, 0.5) is 0 Å². The molecule has 0 aliphatic carbocycles. The van der Waals surface area contributed by atoms with Crippen LogP contribution in [0.2, 0.25) is 0 Å². The smallest absolute Gasteiger partial charge is 0.328 e. The summed E-state index contributed by atoms with van der Waals surface area (Å²) in [5.41, 5.74) is -1.13. The molecule has 2 aliphatic rings. The van der Waals surface area contributed by atoms with Crippen molar-refractivity contribution in [1.82, 2.24) is 14.9 Å². The Kier molecular flexibility index (Phi) is 3.68. The second-order valence-electron chi connectivity index (χ2n) is 5.32. The third-order valence-electron chi connectivity index (χ3n) is 4.00. The first-order valence-corrected chi connectivity index (χ1v) is 6.71. The maximum Gasteiger partial charge on any atom is 0.328 e. The van der Waals surface area contributed by atoms with Crippen molar-refractivity contribution in [2.75, 3.05) is 19.7 Å². The number of rotatable bonds is 3. The largest absolute Gasteiger partial charge is 0.394 e. The monoisotopic (exact) mass is 299 g/mol. The van der Waals surface area contributed by atoms with Gasteiger partial charge in [0.25, 0.3) is 5.56 Å². The van der Waals surface area contributed by atoms with Gasteiger partial charge < -0.3 is 25.4 Å². The Morgan fingerprint density at radius 2 is 2.00 bits per heavy atom. The Balaban J connectivity index is 1.98. The van der Waals surface area contributed by atoms with E-state index in [0.717, 1.165) is 0 Å². The highest BCUT2D eigenvalue weighted by Crippen LogP contribution is 2.31. The summed E-state index contributed by atoms with van der Waals surface area (Å²) in [4.78, 5) is 25.9. The fraction of sp³-hybridized carbons (Fsp3) is 0.667. The van der Waals surface area contributed by atoms with Crippen LogP contribution in [0.1, 0.15) is 17.7 Å². The maximum atomic E-state index is 11.9. The maximum absolute atomic E-state index is 11.9. The van der Waals surface area contributed by atoms with E-state index in [1.807, 2.05) is 0 Å². The van der Waals surface area contributed by atoms with Gasteiger partial charge in [-0.15, -0.1) is 0 Å². The van der Waals surface area contributed by atoms with Crippen molar-refractivity contribution in [1.29, 1.82) is 0 Å². The van der Waals surface area contributed by atoms with Crippen molar-refractivity contribution in [2.24, 2.45) is 0 Å². The first-order valence-electron chi connectivity index (χ1n) is 6.71. The molecule has 0 bridgehead atoms. The first kappa shape index (κ1) is 14.4. The number of aromatic amines is 1. The Hall–Kier alpha value is -1.52. The number of hydrogen-bond donors (Lipinski definition) is 5. The molecule has 0 amide bonds. The third kappa shape index (κ3) is 2.32. The predicted octanol–water partition coefficient (Wildman–Crippen LogP) is -3.17. The third-order valence-corrected chi connectivity index (χ3v) is 4.00. The summed E-state index contributed by atoms with van der Waals surface area (Å²) in [5, 5.41) is 31.8. The van der Waals surface area contributed by atoms with Gasteiger partial charge >= 0.3 is 5.69 Å². The molecule has 21 heavy (non-hydrogen) atoms. The summed E-state index contributed by atoms with van der Waals surface area (Å²) in [7, 11) is 0. The van der Waals surface area contributed by atoms with Crippen LogP contribution in [0.15, 0.2) is 15.8 Å². The minimum absolute atomic E-state index is 0.0593. The highest BCUT2D eigenvalue weighted by Gasteiger charge is 2.44. The molecule has 0 spiro atoms. The molecule has 5 N–H and O–H groups in total. The molecule has 2 fully saturated rings. The molecule has 2 aliphatic heterocycles. The van der Waals surface area contributed by atoms with Gasteiger partial charge in [0, 0.05) is 19.3 Å². The fourth-order valence-corrected chi connectivity index (χ4v) is 2.60. The van der Waals surface area contributed by atoms with E-state index in [2.05, 4.69) is 10.3 Å². The second kappa shape index (κ2) is 5.35. The number of H-pyrrole nitrogens is 1. The molecule has 1 aromatic rings. The molecule has 0 saturated carbocycles. The van der Waals surface area contributed by atoms with Gasteiger partial charge in [-0.1, -0.05) is 0 Å². The average molecular weight is 299 g/mol. The summed E-state index contributed by atoms with van der Waals surface area (Å²) in [6, 6.07) is -0.0646. The van der Waals surface area contributed by atoms with Crippen LogP contribution in [0.5, 0.6) is 0 Å². The lowest BCUT2D eigenvalue weighted by Gasteiger charge is -2.29. The summed E-state index contributed by atoms with van der Waals surface area (Å²) in [6.45, 7) is 0.752. The molecule has 1 aromatic heterocycles. The van der Waals surface area contributed by atoms with Gasteiger partial charge in [0.15, 0.2) is 0 Å². The number of hydrogen-bond acceptors (Lipinski definition) is 7. The minimum atomic E-state index is -1.34. The predicted molar refractivity (Wildman–Crippen MR) is 69.9 cm³/mol. The fourth-order valence-electron chi connectivity index (χ4n) is 2.60. The Bertz CT molecular complexity index is 637. The molecule has 4 atom stereocenters. The van der Waals surface area contributed by atoms with Crippen LogP contribution in [0.25, 0.3) is 0 Å². The molecule has 9 nitrogen and oxygen atoms in total. The van der Waals surface area contributed by atoms with E-state index in [-0.39, 0.29) is 11.6 Å². The van der Waals surface area contributed by atoms with Crippen LogP contribution in [0.3, 0.4) is 0 Å². The van der Waals surface area contributed by atoms with E-state index in [4.69, 9.17) is 9.84 Å². The number of ether oxygens (including phenoxy) is 1. The van der Waals surface area contributed by atoms with Gasteiger partial charge in [-0.25, -0.2) is 4.79 Å². The van der Waals surface area contributed by atoms with Crippen molar-refractivity contribution in [3.8, 4) is 0 Å². The topological polar surface area (TPSA) is 137 Å². The minimum Gasteiger partial charge on any atom is -0.394 e. The van der Waals surface area contributed by atoms with Gasteiger partial charge in [0.05, 0.1) is 18.2 Å². The average Bonchev–Trinajstić information content (AvgIpc) is 2.67. The quantitative estimate of drug-likeness (QED) is 0.397. The van der Waals surface area contributed by atoms with Gasteiger partial charge in [0.1, 0.15) is 24.4 Å². The van der Waals surface area contributed by atoms with Gasteiger partial charge in [0.2, 0.25) is 0 Å². The van der Waals surface area contributed by atoms with Crippen LogP contribution >= 0.6 is 0 Å². The lowest BCUT2D eigenvalue weighted by Crippen LogP contribution is -2.49. The Morgan fingerprint density at radius 1 is 1.29 bits per heavy atom. The highest BCUT2D eigenvalue weighted by atomic mass is 16.6. The molecule has 116 valence electrons. The van der Waals surface area contributed by atoms with E-state index in [9.17, 15) is 19.8 Å². The summed E-state index contributed by atoms with van der Waals surface area (Å²) in [6.07, 6.45) is -3.32. The molecule has 2 unspecified atom stereocenters. The van der Waals surface area contributed by atoms with Crippen molar-refractivity contribution in [3.05, 3.63) is 32.6 Å². The number of nitrogens with zero attached hydrogens (tertiary/aromatic N) is 1. The summed E-state index contributed by atoms with van der Waals surface area (Å²) < 4.78 is 6.70. The molecule has 3 rings (SSSR count). The van der Waals surface area contributed by atoms with E-state index in [1.165, 1.54) is 10.8 Å². The zero-order chi connectivity index (χ0) is 15.1. The zero-order valence-electron chi connectivity index (χ0n) is 11.1. The lowest BCUT2D eigenvalue weighted by molar-refractivity contribution is -0.0234. The number of aliphatic hydroxyl groups is 3. The number of aromatic nitrogens is 2. The van der Waals surface area contributed by atoms with E-state index in [0.29, 0.717) is 13.1 Å². The molecule has 0 aromatic carbocycles. The lowest BCUT2D eigenvalue weighted by atomic mass is 10.0. The Labute approximate surface area is 118 Å². The number of aliphatic hydroxyl groups excluding tert-OH is 3. The molecular formula is C12H17N3O6. The van der Waals surface area contributed by atoms with Crippen molar-refractivity contribution in [3.63, 3.8) is 0 Å². The van der Waals surface area contributed by atoms with Crippen molar-refractivity contribution < 1.29 is 20.1 Å². The van der Waals surface area contributed by atoms with E-state index in [1.54, 1.807) is 0 Å². The molecule has 0 radical (unpaired) electrons. The van der Waals surface area contributed by atoms with Crippen LogP contribution in [0, 0.1) is 0 Å². The Morgan fingerprint density at radius 3 is 2.52 bits per heavy atom. The van der Waals surface area contributed by atoms with Crippen LogP contribution in [-0.4, -0.2) is 62.9 Å². The van der Waals surface area contributed by atoms with Crippen molar-refractivity contribution >= 4 is 0 Å². The van der Waals surface area contributed by atoms with Gasteiger partial charge in [-0.3, -0.25) is 14.3 Å². The van der Waals surface area contributed by atoms with Crippen molar-refractivity contribution in [2.45, 2.75) is 30.5 Å². The SMILES string of the molecule is O=c1[nH]c(=O)n(C2CNC2)cc1[C@@H]1O[C@H](CO)C(O)C1O. The van der Waals surface area contributed by atoms with E-state index >= 15 is 0 Å².